The van der Waals surface area contributed by atoms with Crippen LogP contribution < -0.4 is 9.80 Å². The van der Waals surface area contributed by atoms with Crippen LogP contribution in [0.3, 0.4) is 0 Å². The Bertz CT molecular complexity index is 950. The minimum atomic E-state index is -0.734. The number of ether oxygens (including phenoxy) is 1. The summed E-state index contributed by atoms with van der Waals surface area (Å²) in [5.74, 6) is 0. The van der Waals surface area contributed by atoms with Gasteiger partial charge in [0, 0.05) is 32.4 Å². The van der Waals surface area contributed by atoms with E-state index in [-0.39, 0.29) is 10.6 Å². The van der Waals surface area contributed by atoms with Gasteiger partial charge in [0.15, 0.2) is 5.72 Å². The maximum atomic E-state index is 11.7. The van der Waals surface area contributed by atoms with Crippen LogP contribution in [-0.2, 0) is 10.2 Å². The maximum absolute atomic E-state index is 11.7. The topological polar surface area (TPSA) is 58.8 Å². The molecular formula is C22H25N3O3. The van der Waals surface area contributed by atoms with Crippen LogP contribution >= 0.6 is 0 Å². The molecule has 2 aliphatic rings. The zero-order valence-electron chi connectivity index (χ0n) is 16.7. The highest BCUT2D eigenvalue weighted by Crippen LogP contribution is 2.57. The van der Waals surface area contributed by atoms with Crippen LogP contribution in [0.2, 0.25) is 0 Å². The molecule has 0 aliphatic carbocycles. The first-order valence-corrected chi connectivity index (χ1v) is 9.44. The molecule has 0 aromatic heterocycles. The van der Waals surface area contributed by atoms with E-state index in [0.29, 0.717) is 13.2 Å². The molecule has 2 aliphatic heterocycles. The monoisotopic (exact) mass is 379 g/mol. The zero-order chi connectivity index (χ0) is 20.1. The Balaban J connectivity index is 1.77. The van der Waals surface area contributed by atoms with Crippen molar-refractivity contribution < 1.29 is 9.66 Å². The van der Waals surface area contributed by atoms with E-state index in [4.69, 9.17) is 4.74 Å². The van der Waals surface area contributed by atoms with Crippen molar-refractivity contribution in [2.75, 3.05) is 37.0 Å². The summed E-state index contributed by atoms with van der Waals surface area (Å²) in [6.45, 7) is 5.37. The van der Waals surface area contributed by atoms with Crippen molar-refractivity contribution in [1.82, 2.24) is 0 Å². The smallest absolute Gasteiger partial charge is 0.275 e. The van der Waals surface area contributed by atoms with Crippen molar-refractivity contribution in [1.29, 1.82) is 0 Å². The molecule has 1 atom stereocenters. The quantitative estimate of drug-likeness (QED) is 0.589. The molecule has 2 aromatic rings. The standard InChI is InChI=1S/C22H25N3O3/c1-21(2)20-18(6-5-7-19(20)25(26)27)24-14-15-28-22(21,24)13-12-16-8-10-17(11-9-16)23(3)4/h5-13H,14-15H2,1-4H3/b13-12+. The molecule has 0 spiro atoms. The summed E-state index contributed by atoms with van der Waals surface area (Å²) in [6.07, 6.45) is 4.12. The third kappa shape index (κ3) is 2.52. The van der Waals surface area contributed by atoms with Crippen molar-refractivity contribution in [3.63, 3.8) is 0 Å². The fourth-order valence-electron chi connectivity index (χ4n) is 4.52. The fraction of sp³-hybridized carbons (Fsp3) is 0.364. The van der Waals surface area contributed by atoms with E-state index in [1.807, 2.05) is 34.0 Å². The molecule has 2 heterocycles. The normalized spacial score (nSPS) is 22.4. The van der Waals surface area contributed by atoms with Gasteiger partial charge in [-0.3, -0.25) is 10.1 Å². The average Bonchev–Trinajstić information content (AvgIpc) is 3.18. The van der Waals surface area contributed by atoms with E-state index in [9.17, 15) is 10.1 Å². The molecule has 4 rings (SSSR count). The fourth-order valence-corrected chi connectivity index (χ4v) is 4.52. The van der Waals surface area contributed by atoms with Crippen LogP contribution in [0.25, 0.3) is 6.08 Å². The predicted octanol–water partition coefficient (Wildman–Crippen LogP) is 4.20. The average molecular weight is 379 g/mol. The number of nitrogens with zero attached hydrogens (tertiary/aromatic N) is 3. The van der Waals surface area contributed by atoms with Gasteiger partial charge in [0.05, 0.1) is 28.2 Å². The molecule has 2 aromatic carbocycles. The number of benzene rings is 2. The first-order valence-electron chi connectivity index (χ1n) is 9.44. The predicted molar refractivity (Wildman–Crippen MR) is 112 cm³/mol. The lowest BCUT2D eigenvalue weighted by Crippen LogP contribution is -2.51. The Morgan fingerprint density at radius 2 is 1.89 bits per heavy atom. The number of hydrogen-bond donors (Lipinski definition) is 0. The minimum absolute atomic E-state index is 0.156. The lowest BCUT2D eigenvalue weighted by atomic mass is 9.76. The Hall–Kier alpha value is -2.86. The SMILES string of the molecule is CN(C)c1ccc(/C=C/C23OCCN2c2cccc([N+](=O)[O-])c2C3(C)C)cc1. The maximum Gasteiger partial charge on any atom is 0.275 e. The molecule has 0 radical (unpaired) electrons. The van der Waals surface area contributed by atoms with Gasteiger partial charge in [-0.1, -0.05) is 38.1 Å². The molecule has 1 saturated heterocycles. The van der Waals surface area contributed by atoms with Crippen molar-refractivity contribution in [3.05, 3.63) is 69.8 Å². The van der Waals surface area contributed by atoms with Gasteiger partial charge >= 0.3 is 0 Å². The Kier molecular flexibility index (Phi) is 4.19. The third-order valence-electron chi connectivity index (χ3n) is 5.98. The number of nitro groups is 1. The van der Waals surface area contributed by atoms with Gasteiger partial charge in [-0.2, -0.15) is 0 Å². The summed E-state index contributed by atoms with van der Waals surface area (Å²) < 4.78 is 6.29. The number of fused-ring (bicyclic) bond motifs is 3. The Labute approximate surface area is 165 Å². The van der Waals surface area contributed by atoms with Crippen molar-refractivity contribution in [2.24, 2.45) is 0 Å². The Morgan fingerprint density at radius 1 is 1.18 bits per heavy atom. The molecule has 0 N–H and O–H groups in total. The number of rotatable bonds is 4. The molecule has 28 heavy (non-hydrogen) atoms. The van der Waals surface area contributed by atoms with Crippen LogP contribution in [0.15, 0.2) is 48.5 Å². The van der Waals surface area contributed by atoms with Gasteiger partial charge in [-0.25, -0.2) is 0 Å². The minimum Gasteiger partial charge on any atom is -0.378 e. The molecule has 6 nitrogen and oxygen atoms in total. The van der Waals surface area contributed by atoms with Gasteiger partial charge in [-0.15, -0.1) is 0 Å². The van der Waals surface area contributed by atoms with Crippen molar-refractivity contribution in [3.8, 4) is 0 Å². The molecule has 0 amide bonds. The molecule has 0 bridgehead atoms. The second-order valence-electron chi connectivity index (χ2n) is 8.07. The van der Waals surface area contributed by atoms with Gasteiger partial charge in [0.25, 0.3) is 5.69 Å². The Morgan fingerprint density at radius 3 is 2.54 bits per heavy atom. The van der Waals surface area contributed by atoms with E-state index in [0.717, 1.165) is 22.5 Å². The van der Waals surface area contributed by atoms with Crippen LogP contribution in [0.4, 0.5) is 17.1 Å². The molecule has 1 unspecified atom stereocenters. The highest BCUT2D eigenvalue weighted by Gasteiger charge is 2.61. The molecule has 1 fully saturated rings. The van der Waals surface area contributed by atoms with Crippen molar-refractivity contribution in [2.45, 2.75) is 25.0 Å². The molecule has 6 heteroatoms. The highest BCUT2D eigenvalue weighted by atomic mass is 16.6. The van der Waals surface area contributed by atoms with E-state index in [2.05, 4.69) is 46.2 Å². The number of hydrogen-bond acceptors (Lipinski definition) is 5. The summed E-state index contributed by atoms with van der Waals surface area (Å²) in [6, 6.07) is 13.6. The summed E-state index contributed by atoms with van der Waals surface area (Å²) >= 11 is 0. The molecule has 0 saturated carbocycles. The number of nitro benzene ring substituents is 1. The lowest BCUT2D eigenvalue weighted by Gasteiger charge is -2.39. The second kappa shape index (κ2) is 6.34. The molecular weight excluding hydrogens is 354 g/mol. The van der Waals surface area contributed by atoms with Crippen LogP contribution in [-0.4, -0.2) is 37.9 Å². The summed E-state index contributed by atoms with van der Waals surface area (Å²) in [4.78, 5) is 15.6. The highest BCUT2D eigenvalue weighted by molar-refractivity contribution is 5.75. The van der Waals surface area contributed by atoms with E-state index in [1.54, 1.807) is 12.1 Å². The van der Waals surface area contributed by atoms with Gasteiger partial charge in [0.2, 0.25) is 0 Å². The summed E-state index contributed by atoms with van der Waals surface area (Å²) in [5, 5.41) is 11.7. The van der Waals surface area contributed by atoms with Gasteiger partial charge < -0.3 is 14.5 Å². The van der Waals surface area contributed by atoms with Crippen LogP contribution in [0.1, 0.15) is 25.0 Å². The number of anilines is 2. The zero-order valence-corrected chi connectivity index (χ0v) is 16.7. The van der Waals surface area contributed by atoms with Gasteiger partial charge in [0.1, 0.15) is 0 Å². The second-order valence-corrected chi connectivity index (χ2v) is 8.07. The summed E-state index contributed by atoms with van der Waals surface area (Å²) in [7, 11) is 4.03. The largest absolute Gasteiger partial charge is 0.378 e. The first-order chi connectivity index (χ1) is 13.3. The summed E-state index contributed by atoms with van der Waals surface area (Å²) in [5.41, 5.74) is 2.69. The van der Waals surface area contributed by atoms with Crippen LogP contribution in [0.5, 0.6) is 0 Å². The van der Waals surface area contributed by atoms with Gasteiger partial charge in [-0.05, 0) is 29.8 Å². The van der Waals surface area contributed by atoms with E-state index in [1.165, 1.54) is 0 Å². The van der Waals surface area contributed by atoms with E-state index < -0.39 is 11.1 Å². The van der Waals surface area contributed by atoms with Crippen molar-refractivity contribution >= 4 is 23.1 Å². The lowest BCUT2D eigenvalue weighted by molar-refractivity contribution is -0.386. The van der Waals surface area contributed by atoms with E-state index >= 15 is 0 Å². The first kappa shape index (κ1) is 18.5. The van der Waals surface area contributed by atoms with Crippen LogP contribution in [0, 0.1) is 10.1 Å². The third-order valence-corrected chi connectivity index (χ3v) is 5.98. The molecule has 146 valence electrons.